The SMILES string of the molecule is CCc1noc(Cn2cc(CNC3CC3)nn2)n1. The normalized spacial score (nSPS) is 15.2. The summed E-state index contributed by atoms with van der Waals surface area (Å²) in [5.41, 5.74) is 0.942. The standard InChI is InChI=1S/C11H16N6O/c1-2-10-13-11(18-15-10)7-17-6-9(14-16-17)5-12-8-3-4-8/h6,8,12H,2-5,7H2,1H3. The molecule has 1 aliphatic carbocycles. The van der Waals surface area contributed by atoms with Crippen LogP contribution in [-0.4, -0.2) is 31.2 Å². The Balaban J connectivity index is 1.58. The lowest BCUT2D eigenvalue weighted by Gasteiger charge is -1.96. The molecule has 18 heavy (non-hydrogen) atoms. The van der Waals surface area contributed by atoms with E-state index in [0.29, 0.717) is 18.5 Å². The Bertz CT molecular complexity index is 515. The summed E-state index contributed by atoms with van der Waals surface area (Å²) in [7, 11) is 0. The van der Waals surface area contributed by atoms with Crippen molar-refractivity contribution in [2.24, 2.45) is 0 Å². The van der Waals surface area contributed by atoms with E-state index in [9.17, 15) is 0 Å². The molecule has 1 fully saturated rings. The largest absolute Gasteiger partial charge is 0.337 e. The van der Waals surface area contributed by atoms with E-state index in [4.69, 9.17) is 4.52 Å². The van der Waals surface area contributed by atoms with E-state index in [1.807, 2.05) is 13.1 Å². The van der Waals surface area contributed by atoms with Gasteiger partial charge < -0.3 is 9.84 Å². The van der Waals surface area contributed by atoms with Crippen molar-refractivity contribution in [1.82, 2.24) is 30.5 Å². The van der Waals surface area contributed by atoms with Crippen LogP contribution in [0.2, 0.25) is 0 Å². The van der Waals surface area contributed by atoms with Gasteiger partial charge in [0.25, 0.3) is 0 Å². The monoisotopic (exact) mass is 248 g/mol. The van der Waals surface area contributed by atoms with Crippen LogP contribution in [0.1, 0.15) is 37.2 Å². The predicted molar refractivity (Wildman–Crippen MR) is 62.7 cm³/mol. The van der Waals surface area contributed by atoms with Gasteiger partial charge in [0.05, 0.1) is 11.9 Å². The van der Waals surface area contributed by atoms with Crippen molar-refractivity contribution in [2.75, 3.05) is 0 Å². The molecule has 0 aliphatic heterocycles. The molecule has 1 N–H and O–H groups in total. The zero-order valence-corrected chi connectivity index (χ0v) is 10.3. The van der Waals surface area contributed by atoms with Gasteiger partial charge in [-0.15, -0.1) is 5.10 Å². The molecule has 0 amide bonds. The second kappa shape index (κ2) is 4.85. The van der Waals surface area contributed by atoms with Crippen LogP contribution in [0.25, 0.3) is 0 Å². The highest BCUT2D eigenvalue weighted by Gasteiger charge is 2.20. The molecule has 2 aromatic heterocycles. The smallest absolute Gasteiger partial charge is 0.248 e. The molecule has 2 heterocycles. The van der Waals surface area contributed by atoms with Crippen molar-refractivity contribution >= 4 is 0 Å². The molecule has 96 valence electrons. The highest BCUT2D eigenvalue weighted by Crippen LogP contribution is 2.18. The van der Waals surface area contributed by atoms with E-state index in [1.165, 1.54) is 12.8 Å². The zero-order valence-electron chi connectivity index (χ0n) is 10.3. The van der Waals surface area contributed by atoms with Crippen molar-refractivity contribution in [3.63, 3.8) is 0 Å². The van der Waals surface area contributed by atoms with Crippen molar-refractivity contribution in [2.45, 2.75) is 45.3 Å². The molecule has 3 rings (SSSR count). The third-order valence-electron chi connectivity index (χ3n) is 2.86. The van der Waals surface area contributed by atoms with Gasteiger partial charge in [-0.05, 0) is 12.8 Å². The summed E-state index contributed by atoms with van der Waals surface area (Å²) in [5, 5.41) is 15.4. The number of nitrogens with one attached hydrogen (secondary N) is 1. The van der Waals surface area contributed by atoms with Crippen molar-refractivity contribution < 1.29 is 4.52 Å². The van der Waals surface area contributed by atoms with E-state index < -0.39 is 0 Å². The van der Waals surface area contributed by atoms with Gasteiger partial charge in [0, 0.05) is 19.0 Å². The third-order valence-corrected chi connectivity index (χ3v) is 2.86. The summed E-state index contributed by atoms with van der Waals surface area (Å²) < 4.78 is 6.83. The predicted octanol–water partition coefficient (Wildman–Crippen LogP) is 0.524. The summed E-state index contributed by atoms with van der Waals surface area (Å²) in [5.74, 6) is 1.29. The number of hydrogen-bond donors (Lipinski definition) is 1. The Morgan fingerprint density at radius 2 is 2.39 bits per heavy atom. The molecule has 1 saturated carbocycles. The minimum atomic E-state index is 0.476. The van der Waals surface area contributed by atoms with Crippen LogP contribution >= 0.6 is 0 Å². The number of rotatable bonds is 6. The topological polar surface area (TPSA) is 81.7 Å². The van der Waals surface area contributed by atoms with Gasteiger partial charge in [0.15, 0.2) is 5.82 Å². The van der Waals surface area contributed by atoms with Gasteiger partial charge in [-0.25, -0.2) is 4.68 Å². The lowest BCUT2D eigenvalue weighted by Crippen LogP contribution is -2.15. The molecule has 7 nitrogen and oxygen atoms in total. The molecule has 0 saturated heterocycles. The Labute approximate surface area is 105 Å². The summed E-state index contributed by atoms with van der Waals surface area (Å²) in [6.07, 6.45) is 5.23. The van der Waals surface area contributed by atoms with Crippen LogP contribution in [0.5, 0.6) is 0 Å². The summed E-state index contributed by atoms with van der Waals surface area (Å²) >= 11 is 0. The van der Waals surface area contributed by atoms with Crippen LogP contribution < -0.4 is 5.32 Å². The number of nitrogens with zero attached hydrogens (tertiary/aromatic N) is 5. The zero-order chi connectivity index (χ0) is 12.4. The molecule has 1 aliphatic rings. The van der Waals surface area contributed by atoms with E-state index in [1.54, 1.807) is 4.68 Å². The van der Waals surface area contributed by atoms with Gasteiger partial charge in [-0.2, -0.15) is 4.98 Å². The fourth-order valence-corrected chi connectivity index (χ4v) is 1.67. The van der Waals surface area contributed by atoms with Crippen molar-refractivity contribution in [3.05, 3.63) is 23.6 Å². The minimum Gasteiger partial charge on any atom is -0.337 e. The Kier molecular flexibility index (Phi) is 3.06. The maximum atomic E-state index is 5.11. The molecule has 2 aromatic rings. The Hall–Kier alpha value is -1.76. The highest BCUT2D eigenvalue weighted by atomic mass is 16.5. The van der Waals surface area contributed by atoms with E-state index in [-0.39, 0.29) is 0 Å². The molecule has 0 bridgehead atoms. The third kappa shape index (κ3) is 2.73. The summed E-state index contributed by atoms with van der Waals surface area (Å²) in [6.45, 7) is 3.24. The summed E-state index contributed by atoms with van der Waals surface area (Å²) in [6, 6.07) is 0.679. The van der Waals surface area contributed by atoms with Gasteiger partial charge in [0.2, 0.25) is 5.89 Å². The summed E-state index contributed by atoms with van der Waals surface area (Å²) in [4.78, 5) is 4.24. The first kappa shape index (κ1) is 11.3. The van der Waals surface area contributed by atoms with Gasteiger partial charge in [-0.3, -0.25) is 0 Å². The number of aryl methyl sites for hydroxylation is 1. The Morgan fingerprint density at radius 1 is 1.50 bits per heavy atom. The fraction of sp³-hybridized carbons (Fsp3) is 0.636. The lowest BCUT2D eigenvalue weighted by molar-refractivity contribution is 0.360. The molecule has 0 spiro atoms. The maximum absolute atomic E-state index is 5.11. The fourth-order valence-electron chi connectivity index (χ4n) is 1.67. The quantitative estimate of drug-likeness (QED) is 0.802. The first-order valence-electron chi connectivity index (χ1n) is 6.27. The molecule has 7 heteroatoms. The highest BCUT2D eigenvalue weighted by molar-refractivity contribution is 4.95. The number of aromatic nitrogens is 5. The molecular weight excluding hydrogens is 232 g/mol. The molecule has 0 radical (unpaired) electrons. The van der Waals surface area contributed by atoms with Crippen LogP contribution in [-0.2, 0) is 19.5 Å². The minimum absolute atomic E-state index is 0.476. The van der Waals surface area contributed by atoms with Crippen molar-refractivity contribution in [1.29, 1.82) is 0 Å². The van der Waals surface area contributed by atoms with Crippen LogP contribution in [0.4, 0.5) is 0 Å². The first-order valence-corrected chi connectivity index (χ1v) is 6.27. The van der Waals surface area contributed by atoms with Gasteiger partial charge in [-0.1, -0.05) is 17.3 Å². The van der Waals surface area contributed by atoms with E-state index >= 15 is 0 Å². The van der Waals surface area contributed by atoms with Crippen molar-refractivity contribution in [3.8, 4) is 0 Å². The van der Waals surface area contributed by atoms with Crippen LogP contribution in [0, 0.1) is 0 Å². The van der Waals surface area contributed by atoms with Crippen LogP contribution in [0.15, 0.2) is 10.7 Å². The van der Waals surface area contributed by atoms with E-state index in [0.717, 1.165) is 24.5 Å². The average Bonchev–Trinajstić information content (AvgIpc) is 2.93. The average molecular weight is 248 g/mol. The van der Waals surface area contributed by atoms with E-state index in [2.05, 4.69) is 25.8 Å². The molecule has 0 unspecified atom stereocenters. The van der Waals surface area contributed by atoms with Gasteiger partial charge >= 0.3 is 0 Å². The van der Waals surface area contributed by atoms with Gasteiger partial charge in [0.1, 0.15) is 6.54 Å². The molecule has 0 aromatic carbocycles. The second-order valence-corrected chi connectivity index (χ2v) is 4.52. The molecular formula is C11H16N6O. The first-order chi connectivity index (χ1) is 8.83. The second-order valence-electron chi connectivity index (χ2n) is 4.52. The van der Waals surface area contributed by atoms with Crippen LogP contribution in [0.3, 0.4) is 0 Å². The molecule has 0 atom stereocenters. The number of hydrogen-bond acceptors (Lipinski definition) is 6. The maximum Gasteiger partial charge on any atom is 0.248 e. The Morgan fingerprint density at radius 3 is 3.11 bits per heavy atom. The lowest BCUT2D eigenvalue weighted by atomic mass is 10.4.